The van der Waals surface area contributed by atoms with E-state index in [1.807, 2.05) is 6.92 Å². The number of esters is 1. The van der Waals surface area contributed by atoms with Crippen molar-refractivity contribution in [1.29, 1.82) is 0 Å². The molecule has 1 amide bonds. The molecule has 1 saturated heterocycles. The number of benzene rings is 1. The van der Waals surface area contributed by atoms with Crippen LogP contribution >= 0.6 is 0 Å². The van der Waals surface area contributed by atoms with Gasteiger partial charge in [-0.3, -0.25) is 4.79 Å². The number of carbonyl (C=O) groups is 2. The number of hydrogen-bond acceptors (Lipinski definition) is 5. The van der Waals surface area contributed by atoms with Crippen LogP contribution in [0.15, 0.2) is 29.2 Å². The highest BCUT2D eigenvalue weighted by Crippen LogP contribution is 2.32. The van der Waals surface area contributed by atoms with Gasteiger partial charge in [-0.05, 0) is 56.7 Å². The second-order valence-electron chi connectivity index (χ2n) is 7.62. The molecule has 0 unspecified atom stereocenters. The Labute approximate surface area is 166 Å². The molecule has 0 radical (unpaired) electrons. The summed E-state index contributed by atoms with van der Waals surface area (Å²) in [7, 11) is -3.64. The molecular weight excluding hydrogens is 380 g/mol. The van der Waals surface area contributed by atoms with E-state index in [2.05, 4.69) is 5.32 Å². The van der Waals surface area contributed by atoms with Crippen molar-refractivity contribution in [2.75, 3.05) is 19.7 Å². The largest absolute Gasteiger partial charge is 0.452 e. The van der Waals surface area contributed by atoms with E-state index in [0.29, 0.717) is 19.0 Å². The van der Waals surface area contributed by atoms with E-state index < -0.39 is 16.0 Å². The lowest BCUT2D eigenvalue weighted by Crippen LogP contribution is -2.37. The molecule has 2 aliphatic rings. The molecule has 1 saturated carbocycles. The highest BCUT2D eigenvalue weighted by atomic mass is 32.2. The number of hydrogen-bond donors (Lipinski definition) is 1. The summed E-state index contributed by atoms with van der Waals surface area (Å²) in [5.74, 6) is -0.538. The molecule has 1 aromatic rings. The van der Waals surface area contributed by atoms with Crippen LogP contribution in [0.25, 0.3) is 0 Å². The van der Waals surface area contributed by atoms with Gasteiger partial charge in [0.05, 0.1) is 10.5 Å². The Morgan fingerprint density at radius 1 is 1.18 bits per heavy atom. The average molecular weight is 409 g/mol. The van der Waals surface area contributed by atoms with Crippen molar-refractivity contribution >= 4 is 21.9 Å². The first kappa shape index (κ1) is 20.8. The molecule has 3 rings (SSSR count). The van der Waals surface area contributed by atoms with E-state index in [1.54, 1.807) is 0 Å². The molecule has 1 N–H and O–H groups in total. The standard InChI is InChI=1S/C20H28N2O5S/c1-15(16-9-10-16)21-19(23)14-27-20(24)17-7-6-8-18(13-17)28(25,26)22-11-4-2-3-5-12-22/h6-8,13,15-16H,2-5,9-12,14H2,1H3,(H,21,23)/t15-/m0/s1. The second kappa shape index (κ2) is 9.05. The van der Waals surface area contributed by atoms with Gasteiger partial charge in [0.1, 0.15) is 0 Å². The van der Waals surface area contributed by atoms with Crippen LogP contribution in [0.1, 0.15) is 55.8 Å². The molecule has 0 bridgehead atoms. The lowest BCUT2D eigenvalue weighted by atomic mass is 10.2. The predicted octanol–water partition coefficient (Wildman–Crippen LogP) is 2.32. The Bertz CT molecular complexity index is 812. The monoisotopic (exact) mass is 408 g/mol. The van der Waals surface area contributed by atoms with Crippen LogP contribution in [0.3, 0.4) is 0 Å². The van der Waals surface area contributed by atoms with E-state index in [0.717, 1.165) is 38.5 Å². The summed E-state index contributed by atoms with van der Waals surface area (Å²) in [5.41, 5.74) is 0.124. The zero-order chi connectivity index (χ0) is 20.1. The number of nitrogens with zero attached hydrogens (tertiary/aromatic N) is 1. The molecule has 0 spiro atoms. The van der Waals surface area contributed by atoms with Gasteiger partial charge in [-0.2, -0.15) is 4.31 Å². The van der Waals surface area contributed by atoms with Crippen LogP contribution in [0.2, 0.25) is 0 Å². The maximum atomic E-state index is 12.9. The van der Waals surface area contributed by atoms with Gasteiger partial charge in [0.15, 0.2) is 6.61 Å². The zero-order valence-corrected chi connectivity index (χ0v) is 17.0. The normalized spacial score (nSPS) is 19.5. The second-order valence-corrected chi connectivity index (χ2v) is 9.55. The van der Waals surface area contributed by atoms with Crippen molar-refractivity contribution in [3.05, 3.63) is 29.8 Å². The lowest BCUT2D eigenvalue weighted by molar-refractivity contribution is -0.124. The molecule has 0 aromatic heterocycles. The van der Waals surface area contributed by atoms with Crippen LogP contribution in [0.5, 0.6) is 0 Å². The summed E-state index contributed by atoms with van der Waals surface area (Å²) in [6.07, 6.45) is 5.96. The Morgan fingerprint density at radius 2 is 1.86 bits per heavy atom. The molecule has 8 heteroatoms. The maximum absolute atomic E-state index is 12.9. The fourth-order valence-corrected chi connectivity index (χ4v) is 5.00. The van der Waals surface area contributed by atoms with Crippen LogP contribution in [0.4, 0.5) is 0 Å². The molecule has 28 heavy (non-hydrogen) atoms. The summed E-state index contributed by atoms with van der Waals surface area (Å²) in [6, 6.07) is 5.91. The smallest absolute Gasteiger partial charge is 0.338 e. The van der Waals surface area contributed by atoms with Crippen LogP contribution < -0.4 is 5.32 Å². The van der Waals surface area contributed by atoms with Crippen LogP contribution in [-0.2, 0) is 19.6 Å². The van der Waals surface area contributed by atoms with Gasteiger partial charge in [0.2, 0.25) is 10.0 Å². The molecular formula is C20H28N2O5S. The first-order valence-corrected chi connectivity index (χ1v) is 11.4. The van der Waals surface area contributed by atoms with E-state index in [9.17, 15) is 18.0 Å². The summed E-state index contributed by atoms with van der Waals surface area (Å²) in [4.78, 5) is 24.3. The molecule has 1 atom stereocenters. The van der Waals surface area contributed by atoms with Crippen molar-refractivity contribution in [1.82, 2.24) is 9.62 Å². The fourth-order valence-electron chi connectivity index (χ4n) is 3.44. The fraction of sp³-hybridized carbons (Fsp3) is 0.600. The van der Waals surface area contributed by atoms with Gasteiger partial charge in [-0.1, -0.05) is 18.9 Å². The van der Waals surface area contributed by atoms with Gasteiger partial charge in [0, 0.05) is 19.1 Å². The zero-order valence-electron chi connectivity index (χ0n) is 16.2. The van der Waals surface area contributed by atoms with Gasteiger partial charge in [-0.25, -0.2) is 13.2 Å². The van der Waals surface area contributed by atoms with Gasteiger partial charge in [-0.15, -0.1) is 0 Å². The highest BCUT2D eigenvalue weighted by Gasteiger charge is 2.29. The third-order valence-corrected chi connectivity index (χ3v) is 7.22. The SMILES string of the molecule is C[C@H](NC(=O)COC(=O)c1cccc(S(=O)(=O)N2CCCCCC2)c1)C1CC1. The maximum Gasteiger partial charge on any atom is 0.338 e. The highest BCUT2D eigenvalue weighted by molar-refractivity contribution is 7.89. The molecule has 2 fully saturated rings. The van der Waals surface area contributed by atoms with E-state index in [-0.39, 0.29) is 29.0 Å². The summed E-state index contributed by atoms with van der Waals surface area (Å²) >= 11 is 0. The Hall–Kier alpha value is -1.93. The summed E-state index contributed by atoms with van der Waals surface area (Å²) in [6.45, 7) is 2.56. The number of amides is 1. The quantitative estimate of drug-likeness (QED) is 0.699. The number of nitrogens with one attached hydrogen (secondary N) is 1. The molecule has 7 nitrogen and oxygen atoms in total. The van der Waals surface area contributed by atoms with Gasteiger partial charge in [0.25, 0.3) is 5.91 Å². The van der Waals surface area contributed by atoms with Crippen molar-refractivity contribution in [3.8, 4) is 0 Å². The van der Waals surface area contributed by atoms with Crippen LogP contribution in [0, 0.1) is 5.92 Å². The first-order chi connectivity index (χ1) is 13.4. The van der Waals surface area contributed by atoms with E-state index in [4.69, 9.17) is 4.74 Å². The first-order valence-electron chi connectivity index (χ1n) is 9.94. The number of sulfonamides is 1. The topological polar surface area (TPSA) is 92.8 Å². The summed E-state index contributed by atoms with van der Waals surface area (Å²) in [5, 5.41) is 2.81. The minimum absolute atomic E-state index is 0.0771. The van der Waals surface area contributed by atoms with Crippen molar-refractivity contribution in [2.45, 2.75) is 56.4 Å². The molecule has 1 aliphatic heterocycles. The Kier molecular flexibility index (Phi) is 6.72. The molecule has 154 valence electrons. The molecule has 1 aromatic carbocycles. The van der Waals surface area contributed by atoms with Gasteiger partial charge < -0.3 is 10.1 Å². The summed E-state index contributed by atoms with van der Waals surface area (Å²) < 4.78 is 32.3. The molecule has 1 aliphatic carbocycles. The van der Waals surface area contributed by atoms with E-state index in [1.165, 1.54) is 28.6 Å². The number of ether oxygens (including phenoxy) is 1. The van der Waals surface area contributed by atoms with E-state index >= 15 is 0 Å². The Balaban J connectivity index is 1.61. The number of rotatable bonds is 7. The third kappa shape index (κ3) is 5.32. The lowest BCUT2D eigenvalue weighted by Gasteiger charge is -2.20. The minimum Gasteiger partial charge on any atom is -0.452 e. The predicted molar refractivity (Wildman–Crippen MR) is 104 cm³/mol. The third-order valence-electron chi connectivity index (χ3n) is 5.32. The van der Waals surface area contributed by atoms with Crippen molar-refractivity contribution < 1.29 is 22.7 Å². The Morgan fingerprint density at radius 3 is 2.50 bits per heavy atom. The number of carbonyl (C=O) groups excluding carboxylic acids is 2. The van der Waals surface area contributed by atoms with Crippen LogP contribution in [-0.4, -0.2) is 50.3 Å². The average Bonchev–Trinajstić information content (AvgIpc) is 3.53. The molecule has 1 heterocycles. The van der Waals surface area contributed by atoms with Crippen molar-refractivity contribution in [3.63, 3.8) is 0 Å². The minimum atomic E-state index is -3.64. The van der Waals surface area contributed by atoms with Gasteiger partial charge >= 0.3 is 5.97 Å². The van der Waals surface area contributed by atoms with Crippen molar-refractivity contribution in [2.24, 2.45) is 5.92 Å².